The molecule has 0 fully saturated rings. The van der Waals surface area contributed by atoms with Crippen LogP contribution >= 0.6 is 11.6 Å². The first-order valence-corrected chi connectivity index (χ1v) is 5.11. The van der Waals surface area contributed by atoms with Gasteiger partial charge in [0, 0.05) is 11.6 Å². The molecule has 2 heteroatoms. The summed E-state index contributed by atoms with van der Waals surface area (Å²) in [5.74, 6) is 0. The molecule has 0 spiro atoms. The zero-order chi connectivity index (χ0) is 10.6. The van der Waals surface area contributed by atoms with E-state index >= 15 is 0 Å². The van der Waals surface area contributed by atoms with E-state index in [0.29, 0.717) is 0 Å². The van der Waals surface area contributed by atoms with Crippen molar-refractivity contribution in [3.05, 3.63) is 39.9 Å². The molecule has 76 valence electrons. The monoisotopic (exact) mass is 209 g/mol. The Bertz CT molecular complexity index is 319. The molecule has 0 heterocycles. The van der Waals surface area contributed by atoms with Crippen molar-refractivity contribution in [1.29, 1.82) is 0 Å². The number of likely N-dealkylation sites (N-methyl/N-ethyl adjacent to an activating group) is 1. The number of hydrogen-bond donors (Lipinski definition) is 1. The van der Waals surface area contributed by atoms with Crippen molar-refractivity contribution in [2.45, 2.75) is 13.8 Å². The highest BCUT2D eigenvalue weighted by atomic mass is 35.5. The number of rotatable bonds is 3. The molecule has 0 atom stereocenters. The number of nitrogens with one attached hydrogen (secondary N) is 1. The van der Waals surface area contributed by atoms with Gasteiger partial charge in [0.25, 0.3) is 0 Å². The fourth-order valence-electron chi connectivity index (χ4n) is 1.39. The molecule has 0 amide bonds. The number of aryl methyl sites for hydroxylation is 2. The molecule has 0 radical (unpaired) electrons. The Morgan fingerprint density at radius 2 is 1.86 bits per heavy atom. The lowest BCUT2D eigenvalue weighted by Gasteiger charge is -2.04. The highest BCUT2D eigenvalue weighted by Crippen LogP contribution is 2.22. The minimum atomic E-state index is 0.871. The van der Waals surface area contributed by atoms with Crippen LogP contribution in [-0.4, -0.2) is 13.6 Å². The van der Waals surface area contributed by atoms with Crippen LogP contribution in [0.15, 0.2) is 18.2 Å². The van der Waals surface area contributed by atoms with Crippen molar-refractivity contribution in [3.8, 4) is 0 Å². The highest BCUT2D eigenvalue weighted by molar-refractivity contribution is 6.32. The van der Waals surface area contributed by atoms with Crippen LogP contribution in [0.2, 0.25) is 5.02 Å². The van der Waals surface area contributed by atoms with Crippen LogP contribution in [0.25, 0.3) is 6.08 Å². The Morgan fingerprint density at radius 1 is 1.29 bits per heavy atom. The van der Waals surface area contributed by atoms with E-state index in [0.717, 1.165) is 22.7 Å². The van der Waals surface area contributed by atoms with Crippen LogP contribution in [0.1, 0.15) is 16.7 Å². The molecule has 0 aliphatic rings. The lowest BCUT2D eigenvalue weighted by atomic mass is 10.1. The second-order valence-electron chi connectivity index (χ2n) is 3.43. The number of benzene rings is 1. The molecule has 0 saturated heterocycles. The molecule has 1 rings (SSSR count). The van der Waals surface area contributed by atoms with Crippen LogP contribution in [0.5, 0.6) is 0 Å². The fraction of sp³-hybridized carbons (Fsp3) is 0.333. The van der Waals surface area contributed by atoms with Gasteiger partial charge < -0.3 is 5.32 Å². The summed E-state index contributed by atoms with van der Waals surface area (Å²) in [6.07, 6.45) is 4.20. The molecule has 14 heavy (non-hydrogen) atoms. The van der Waals surface area contributed by atoms with Crippen LogP contribution in [0.3, 0.4) is 0 Å². The van der Waals surface area contributed by atoms with E-state index in [1.807, 2.05) is 20.9 Å². The second kappa shape index (κ2) is 5.18. The van der Waals surface area contributed by atoms with E-state index in [4.69, 9.17) is 11.6 Å². The summed E-state index contributed by atoms with van der Waals surface area (Å²) < 4.78 is 0. The standard InChI is InChI=1S/C12H16ClN/c1-9-7-11(5-4-6-14-3)8-10(2)12(9)13/h4-5,7-8,14H,6H2,1-3H3. The molecule has 0 aromatic heterocycles. The fourth-order valence-corrected chi connectivity index (χ4v) is 1.50. The van der Waals surface area contributed by atoms with Gasteiger partial charge in [-0.1, -0.05) is 35.9 Å². The van der Waals surface area contributed by atoms with Crippen molar-refractivity contribution in [3.63, 3.8) is 0 Å². The molecular weight excluding hydrogens is 194 g/mol. The normalized spacial score (nSPS) is 11.1. The van der Waals surface area contributed by atoms with Crippen LogP contribution in [0, 0.1) is 13.8 Å². The lowest BCUT2D eigenvalue weighted by molar-refractivity contribution is 0.922. The van der Waals surface area contributed by atoms with Gasteiger partial charge in [-0.15, -0.1) is 0 Å². The molecule has 0 saturated carbocycles. The molecule has 0 aliphatic heterocycles. The average Bonchev–Trinajstić information content (AvgIpc) is 2.14. The first-order chi connectivity index (χ1) is 6.65. The molecule has 1 aromatic rings. The lowest BCUT2D eigenvalue weighted by Crippen LogP contribution is -2.03. The van der Waals surface area contributed by atoms with Gasteiger partial charge in [-0.2, -0.15) is 0 Å². The first-order valence-electron chi connectivity index (χ1n) is 4.73. The Balaban J connectivity index is 2.89. The minimum Gasteiger partial charge on any atom is -0.316 e. The minimum absolute atomic E-state index is 0.871. The molecule has 1 N–H and O–H groups in total. The van der Waals surface area contributed by atoms with Crippen molar-refractivity contribution in [1.82, 2.24) is 5.32 Å². The zero-order valence-corrected chi connectivity index (χ0v) is 9.65. The maximum Gasteiger partial charge on any atom is 0.0464 e. The molecule has 1 nitrogen and oxygen atoms in total. The summed E-state index contributed by atoms with van der Waals surface area (Å²) in [6, 6.07) is 4.20. The zero-order valence-electron chi connectivity index (χ0n) is 8.89. The topological polar surface area (TPSA) is 12.0 Å². The predicted octanol–water partition coefficient (Wildman–Crippen LogP) is 3.19. The van der Waals surface area contributed by atoms with Gasteiger partial charge in [-0.05, 0) is 37.6 Å². The van der Waals surface area contributed by atoms with E-state index in [-0.39, 0.29) is 0 Å². The van der Waals surface area contributed by atoms with Crippen molar-refractivity contribution < 1.29 is 0 Å². The maximum absolute atomic E-state index is 6.07. The van der Waals surface area contributed by atoms with Crippen LogP contribution < -0.4 is 5.32 Å². The largest absolute Gasteiger partial charge is 0.316 e. The smallest absolute Gasteiger partial charge is 0.0464 e. The summed E-state index contributed by atoms with van der Waals surface area (Å²) in [7, 11) is 1.93. The van der Waals surface area contributed by atoms with Crippen molar-refractivity contribution in [2.24, 2.45) is 0 Å². The van der Waals surface area contributed by atoms with Gasteiger partial charge in [0.2, 0.25) is 0 Å². The van der Waals surface area contributed by atoms with E-state index in [9.17, 15) is 0 Å². The maximum atomic E-state index is 6.07. The Kier molecular flexibility index (Phi) is 4.18. The van der Waals surface area contributed by atoms with Gasteiger partial charge in [0.1, 0.15) is 0 Å². The third kappa shape index (κ3) is 2.86. The predicted molar refractivity (Wildman–Crippen MR) is 63.9 cm³/mol. The van der Waals surface area contributed by atoms with Gasteiger partial charge in [-0.3, -0.25) is 0 Å². The summed E-state index contributed by atoms with van der Waals surface area (Å²) in [6.45, 7) is 4.95. The number of hydrogen-bond acceptors (Lipinski definition) is 1. The first kappa shape index (κ1) is 11.3. The third-order valence-corrected chi connectivity index (χ3v) is 2.69. The molecule has 1 aromatic carbocycles. The molecule has 0 unspecified atom stereocenters. The quantitative estimate of drug-likeness (QED) is 0.807. The Morgan fingerprint density at radius 3 is 2.36 bits per heavy atom. The van der Waals surface area contributed by atoms with Gasteiger partial charge in [-0.25, -0.2) is 0 Å². The Hall–Kier alpha value is -0.790. The van der Waals surface area contributed by atoms with E-state index in [2.05, 4.69) is 29.6 Å². The van der Waals surface area contributed by atoms with Gasteiger partial charge >= 0.3 is 0 Å². The highest BCUT2D eigenvalue weighted by Gasteiger charge is 1.99. The SMILES string of the molecule is CNCC=Cc1cc(C)c(Cl)c(C)c1. The van der Waals surface area contributed by atoms with Crippen molar-refractivity contribution in [2.75, 3.05) is 13.6 Å². The van der Waals surface area contributed by atoms with E-state index in [1.54, 1.807) is 0 Å². The summed E-state index contributed by atoms with van der Waals surface area (Å²) in [4.78, 5) is 0. The molecule has 0 aliphatic carbocycles. The van der Waals surface area contributed by atoms with Gasteiger partial charge in [0.15, 0.2) is 0 Å². The van der Waals surface area contributed by atoms with E-state index in [1.165, 1.54) is 5.56 Å². The molecular formula is C12H16ClN. The Labute approximate surface area is 90.8 Å². The summed E-state index contributed by atoms with van der Waals surface area (Å²) in [5, 5.41) is 3.94. The van der Waals surface area contributed by atoms with Crippen molar-refractivity contribution >= 4 is 17.7 Å². The van der Waals surface area contributed by atoms with Gasteiger partial charge in [0.05, 0.1) is 0 Å². The summed E-state index contributed by atoms with van der Waals surface area (Å²) in [5.41, 5.74) is 3.48. The average molecular weight is 210 g/mol. The molecule has 0 bridgehead atoms. The van der Waals surface area contributed by atoms with E-state index < -0.39 is 0 Å². The number of halogens is 1. The second-order valence-corrected chi connectivity index (χ2v) is 3.81. The third-order valence-electron chi connectivity index (χ3n) is 2.09. The van der Waals surface area contributed by atoms with Crippen LogP contribution in [-0.2, 0) is 0 Å². The summed E-state index contributed by atoms with van der Waals surface area (Å²) >= 11 is 6.07. The van der Waals surface area contributed by atoms with Crippen LogP contribution in [0.4, 0.5) is 0 Å².